The van der Waals surface area contributed by atoms with E-state index in [-0.39, 0.29) is 5.91 Å². The second-order valence-electron chi connectivity index (χ2n) is 3.09. The molecule has 0 aliphatic carbocycles. The smallest absolute Gasteiger partial charge is 0.216 e. The van der Waals surface area contributed by atoms with Gasteiger partial charge in [-0.2, -0.15) is 0 Å². The third-order valence-corrected chi connectivity index (χ3v) is 2.21. The maximum atomic E-state index is 10.6. The molecule has 0 fully saturated rings. The highest BCUT2D eigenvalue weighted by Crippen LogP contribution is 2.07. The van der Waals surface area contributed by atoms with Gasteiger partial charge in [-0.1, -0.05) is 18.2 Å². The van der Waals surface area contributed by atoms with Crippen LogP contribution in [0.4, 0.5) is 0 Å². The molecule has 0 bridgehead atoms. The molecule has 1 amide bonds. The standard InChI is InChI=1S/C11H13BrN2O/c1-9(15)13-7-3-2-4-10-5-6-11(12)14-8-10/h2,4-6,8H,3,7H2,1H3,(H,13,15). The van der Waals surface area contributed by atoms with Gasteiger partial charge in [0, 0.05) is 19.7 Å². The second kappa shape index (κ2) is 6.35. The molecule has 1 N–H and O–H groups in total. The van der Waals surface area contributed by atoms with E-state index in [4.69, 9.17) is 0 Å². The zero-order chi connectivity index (χ0) is 11.1. The first-order valence-corrected chi connectivity index (χ1v) is 5.50. The lowest BCUT2D eigenvalue weighted by Crippen LogP contribution is -2.20. The Hall–Kier alpha value is -1.16. The van der Waals surface area contributed by atoms with Crippen LogP contribution in [0.1, 0.15) is 18.9 Å². The molecular weight excluding hydrogens is 256 g/mol. The van der Waals surface area contributed by atoms with E-state index in [1.807, 2.05) is 24.3 Å². The van der Waals surface area contributed by atoms with Gasteiger partial charge >= 0.3 is 0 Å². The molecule has 80 valence electrons. The number of rotatable bonds is 4. The number of nitrogens with one attached hydrogen (secondary N) is 1. The van der Waals surface area contributed by atoms with Crippen LogP contribution in [-0.4, -0.2) is 17.4 Å². The van der Waals surface area contributed by atoms with Crippen LogP contribution in [0.15, 0.2) is 29.0 Å². The van der Waals surface area contributed by atoms with Crippen LogP contribution in [-0.2, 0) is 4.79 Å². The quantitative estimate of drug-likeness (QED) is 0.673. The van der Waals surface area contributed by atoms with Crippen molar-refractivity contribution in [2.45, 2.75) is 13.3 Å². The van der Waals surface area contributed by atoms with Crippen molar-refractivity contribution in [3.05, 3.63) is 34.6 Å². The largest absolute Gasteiger partial charge is 0.356 e. The molecule has 0 radical (unpaired) electrons. The van der Waals surface area contributed by atoms with Gasteiger partial charge in [0.05, 0.1) is 0 Å². The molecule has 1 aromatic heterocycles. The molecule has 0 aliphatic rings. The molecule has 0 spiro atoms. The zero-order valence-corrected chi connectivity index (χ0v) is 10.1. The molecule has 0 unspecified atom stereocenters. The Morgan fingerprint density at radius 1 is 1.60 bits per heavy atom. The fourth-order valence-electron chi connectivity index (χ4n) is 1.04. The number of carbonyl (C=O) groups excluding carboxylic acids is 1. The molecule has 0 aromatic carbocycles. The minimum absolute atomic E-state index is 0.00806. The van der Waals surface area contributed by atoms with E-state index in [1.54, 1.807) is 6.20 Å². The van der Waals surface area contributed by atoms with E-state index >= 15 is 0 Å². The van der Waals surface area contributed by atoms with Crippen LogP contribution in [0.5, 0.6) is 0 Å². The summed E-state index contributed by atoms with van der Waals surface area (Å²) in [6.07, 6.45) is 6.62. The van der Waals surface area contributed by atoms with Crippen molar-refractivity contribution in [3.63, 3.8) is 0 Å². The fraction of sp³-hybridized carbons (Fsp3) is 0.273. The van der Waals surface area contributed by atoms with Crippen LogP contribution in [0.3, 0.4) is 0 Å². The van der Waals surface area contributed by atoms with Crippen LogP contribution in [0.2, 0.25) is 0 Å². The van der Waals surface area contributed by atoms with Crippen molar-refractivity contribution >= 4 is 27.9 Å². The second-order valence-corrected chi connectivity index (χ2v) is 3.90. The number of carbonyl (C=O) groups is 1. The summed E-state index contributed by atoms with van der Waals surface area (Å²) in [6, 6.07) is 3.87. The topological polar surface area (TPSA) is 42.0 Å². The Balaban J connectivity index is 2.32. The summed E-state index contributed by atoms with van der Waals surface area (Å²) in [7, 11) is 0. The van der Waals surface area contributed by atoms with Crippen molar-refractivity contribution in [2.24, 2.45) is 0 Å². The average Bonchev–Trinajstić information content (AvgIpc) is 2.20. The molecule has 0 saturated carbocycles. The molecule has 0 atom stereocenters. The number of hydrogen-bond donors (Lipinski definition) is 1. The van der Waals surface area contributed by atoms with Crippen molar-refractivity contribution in [1.29, 1.82) is 0 Å². The predicted molar refractivity (Wildman–Crippen MR) is 64.3 cm³/mol. The third kappa shape index (κ3) is 5.32. The lowest BCUT2D eigenvalue weighted by atomic mass is 10.2. The highest BCUT2D eigenvalue weighted by molar-refractivity contribution is 9.10. The van der Waals surface area contributed by atoms with Crippen LogP contribution < -0.4 is 5.32 Å². The van der Waals surface area contributed by atoms with E-state index in [9.17, 15) is 4.79 Å². The maximum Gasteiger partial charge on any atom is 0.216 e. The minimum Gasteiger partial charge on any atom is -0.356 e. The summed E-state index contributed by atoms with van der Waals surface area (Å²) in [6.45, 7) is 2.19. The van der Waals surface area contributed by atoms with Gasteiger partial charge in [0.1, 0.15) is 4.60 Å². The van der Waals surface area contributed by atoms with Crippen LogP contribution in [0, 0.1) is 0 Å². The van der Waals surface area contributed by atoms with Gasteiger partial charge < -0.3 is 5.32 Å². The molecule has 1 heterocycles. The van der Waals surface area contributed by atoms with E-state index in [0.717, 1.165) is 16.6 Å². The molecule has 0 aliphatic heterocycles. The van der Waals surface area contributed by atoms with E-state index in [2.05, 4.69) is 26.2 Å². The summed E-state index contributed by atoms with van der Waals surface area (Å²) in [5, 5.41) is 2.73. The van der Waals surface area contributed by atoms with Crippen molar-refractivity contribution in [2.75, 3.05) is 6.54 Å². The molecule has 3 nitrogen and oxygen atoms in total. The van der Waals surface area contributed by atoms with Crippen LogP contribution in [0.25, 0.3) is 6.08 Å². The van der Waals surface area contributed by atoms with Crippen LogP contribution >= 0.6 is 15.9 Å². The summed E-state index contributed by atoms with van der Waals surface area (Å²) in [5.41, 5.74) is 1.06. The third-order valence-electron chi connectivity index (χ3n) is 1.75. The summed E-state index contributed by atoms with van der Waals surface area (Å²) >= 11 is 3.27. The Labute approximate surface area is 97.7 Å². The lowest BCUT2D eigenvalue weighted by molar-refractivity contribution is -0.118. The number of aromatic nitrogens is 1. The fourth-order valence-corrected chi connectivity index (χ4v) is 1.27. The SMILES string of the molecule is CC(=O)NCCC=Cc1ccc(Br)nc1. The number of hydrogen-bond acceptors (Lipinski definition) is 2. The van der Waals surface area contributed by atoms with Gasteiger partial charge in [0.15, 0.2) is 0 Å². The van der Waals surface area contributed by atoms with Gasteiger partial charge in [-0.05, 0) is 34.0 Å². The summed E-state index contributed by atoms with van der Waals surface area (Å²) in [5.74, 6) is 0.00806. The van der Waals surface area contributed by atoms with Crippen molar-refractivity contribution in [1.82, 2.24) is 10.3 Å². The first kappa shape index (κ1) is 11.9. The van der Waals surface area contributed by atoms with E-state index in [1.165, 1.54) is 6.92 Å². The van der Waals surface area contributed by atoms with Gasteiger partial charge in [0.25, 0.3) is 0 Å². The molecule has 15 heavy (non-hydrogen) atoms. The Kier molecular flexibility index (Phi) is 5.04. The average molecular weight is 269 g/mol. The van der Waals surface area contributed by atoms with Gasteiger partial charge in [0.2, 0.25) is 5.91 Å². The molecular formula is C11H13BrN2O. The Morgan fingerprint density at radius 2 is 2.40 bits per heavy atom. The normalized spacial score (nSPS) is 10.5. The first-order valence-electron chi connectivity index (χ1n) is 4.71. The maximum absolute atomic E-state index is 10.6. The number of amides is 1. The van der Waals surface area contributed by atoms with Crippen molar-refractivity contribution < 1.29 is 4.79 Å². The zero-order valence-electron chi connectivity index (χ0n) is 8.53. The number of halogens is 1. The lowest BCUT2D eigenvalue weighted by Gasteiger charge is -1.97. The van der Waals surface area contributed by atoms with Crippen molar-refractivity contribution in [3.8, 4) is 0 Å². The van der Waals surface area contributed by atoms with Gasteiger partial charge in [-0.25, -0.2) is 4.98 Å². The Bertz CT molecular complexity index is 346. The minimum atomic E-state index is 0.00806. The first-order chi connectivity index (χ1) is 7.18. The molecule has 1 aromatic rings. The number of nitrogens with zero attached hydrogens (tertiary/aromatic N) is 1. The van der Waals surface area contributed by atoms with Gasteiger partial charge in [-0.3, -0.25) is 4.79 Å². The molecule has 0 saturated heterocycles. The summed E-state index contributed by atoms with van der Waals surface area (Å²) in [4.78, 5) is 14.7. The molecule has 4 heteroatoms. The number of pyridine rings is 1. The monoisotopic (exact) mass is 268 g/mol. The predicted octanol–water partition coefficient (Wildman–Crippen LogP) is 2.38. The van der Waals surface area contributed by atoms with E-state index < -0.39 is 0 Å². The molecule has 1 rings (SSSR count). The van der Waals surface area contributed by atoms with E-state index in [0.29, 0.717) is 6.54 Å². The van der Waals surface area contributed by atoms with Gasteiger partial charge in [-0.15, -0.1) is 0 Å². The Morgan fingerprint density at radius 3 is 3.00 bits per heavy atom. The highest BCUT2D eigenvalue weighted by atomic mass is 79.9. The highest BCUT2D eigenvalue weighted by Gasteiger charge is 1.89. The summed E-state index contributed by atoms with van der Waals surface area (Å²) < 4.78 is 0.831.